The van der Waals surface area contributed by atoms with Gasteiger partial charge < -0.3 is 14.4 Å². The van der Waals surface area contributed by atoms with Crippen LogP contribution in [0.4, 0.5) is 0 Å². The molecule has 3 rings (SSSR count). The maximum atomic E-state index is 12.2. The van der Waals surface area contributed by atoms with Crippen LogP contribution in [0.1, 0.15) is 23.3 Å². The number of nitrogens with zero attached hydrogens (tertiary/aromatic N) is 2. The number of rotatable bonds is 5. The van der Waals surface area contributed by atoms with Crippen LogP contribution in [0, 0.1) is 5.92 Å². The predicted octanol–water partition coefficient (Wildman–Crippen LogP) is 2.44. The number of carbonyl (C=O) groups is 3. The topological polar surface area (TPSA) is 85.8 Å². The van der Waals surface area contributed by atoms with Crippen molar-refractivity contribution in [3.05, 3.63) is 27.9 Å². The normalized spacial score (nSPS) is 14.9. The minimum Gasteiger partial charge on any atom is -0.469 e. The number of hydrogen-bond donors (Lipinski definition) is 0. The van der Waals surface area contributed by atoms with Gasteiger partial charge in [0.05, 0.1) is 13.0 Å². The van der Waals surface area contributed by atoms with Crippen molar-refractivity contribution >= 4 is 40.5 Å². The first-order chi connectivity index (χ1) is 12.6. The average Bonchev–Trinajstić information content (AvgIpc) is 3.36. The summed E-state index contributed by atoms with van der Waals surface area (Å²) in [6.07, 6.45) is 1.12. The van der Waals surface area contributed by atoms with Crippen LogP contribution in [0.5, 0.6) is 0 Å². The van der Waals surface area contributed by atoms with E-state index in [0.717, 1.165) is 10.6 Å². The van der Waals surface area contributed by atoms with Gasteiger partial charge in [-0.05, 0) is 24.3 Å². The highest BCUT2D eigenvalue weighted by Gasteiger charge is 2.28. The molecular weight excluding hydrogens is 376 g/mol. The van der Waals surface area contributed by atoms with Gasteiger partial charge in [0, 0.05) is 29.4 Å². The lowest BCUT2D eigenvalue weighted by Gasteiger charge is -2.30. The molecule has 1 amide bonds. The summed E-state index contributed by atoms with van der Waals surface area (Å²) in [5.41, 5.74) is 1.16. The summed E-state index contributed by atoms with van der Waals surface area (Å²) in [5.74, 6) is -1.29. The van der Waals surface area contributed by atoms with Crippen molar-refractivity contribution in [3.8, 4) is 10.6 Å². The number of esters is 2. The Balaban J connectivity index is 1.47. The lowest BCUT2D eigenvalue weighted by Crippen LogP contribution is -2.42. The van der Waals surface area contributed by atoms with Crippen molar-refractivity contribution < 1.29 is 23.9 Å². The van der Waals surface area contributed by atoms with E-state index in [1.165, 1.54) is 18.4 Å². The van der Waals surface area contributed by atoms with Crippen LogP contribution >= 0.6 is 22.7 Å². The number of piperidine rings is 1. The van der Waals surface area contributed by atoms with E-state index in [-0.39, 0.29) is 30.1 Å². The zero-order valence-corrected chi connectivity index (χ0v) is 15.8. The zero-order chi connectivity index (χ0) is 18.5. The third kappa shape index (κ3) is 4.28. The van der Waals surface area contributed by atoms with Crippen LogP contribution in [-0.4, -0.2) is 54.5 Å². The number of ether oxygens (including phenoxy) is 2. The standard InChI is InChI=1S/C17H18N2O5S2/c1-23-16(21)11-2-5-19(6-3-11)14(20)8-24-17(22)13-10-26-15(18-13)12-4-7-25-9-12/h4,7,9-11H,2-3,5-6,8H2,1H3. The summed E-state index contributed by atoms with van der Waals surface area (Å²) in [6.45, 7) is 0.581. The van der Waals surface area contributed by atoms with Crippen molar-refractivity contribution in [2.75, 3.05) is 26.8 Å². The molecule has 3 heterocycles. The molecule has 0 atom stereocenters. The molecule has 2 aromatic rings. The molecule has 0 aliphatic carbocycles. The van der Waals surface area contributed by atoms with Crippen LogP contribution in [0.15, 0.2) is 22.2 Å². The fraction of sp³-hybridized carbons (Fsp3) is 0.412. The molecule has 9 heteroatoms. The second-order valence-corrected chi connectivity index (χ2v) is 7.44. The van der Waals surface area contributed by atoms with Crippen molar-refractivity contribution in [1.82, 2.24) is 9.88 Å². The first kappa shape index (κ1) is 18.5. The van der Waals surface area contributed by atoms with Gasteiger partial charge in [0.15, 0.2) is 12.3 Å². The van der Waals surface area contributed by atoms with Gasteiger partial charge in [-0.1, -0.05) is 0 Å². The molecule has 0 bridgehead atoms. The number of carbonyl (C=O) groups excluding carboxylic acids is 3. The lowest BCUT2D eigenvalue weighted by atomic mass is 9.97. The van der Waals surface area contributed by atoms with Crippen LogP contribution in [-0.2, 0) is 19.1 Å². The van der Waals surface area contributed by atoms with Gasteiger partial charge in [-0.3, -0.25) is 9.59 Å². The molecule has 0 saturated carbocycles. The first-order valence-corrected chi connectivity index (χ1v) is 9.91. The largest absolute Gasteiger partial charge is 0.469 e. The number of aromatic nitrogens is 1. The Bertz CT molecular complexity index is 779. The van der Waals surface area contributed by atoms with Crippen LogP contribution in [0.25, 0.3) is 10.6 Å². The molecule has 138 valence electrons. The van der Waals surface area contributed by atoms with Gasteiger partial charge in [0.25, 0.3) is 5.91 Å². The van der Waals surface area contributed by atoms with E-state index in [1.54, 1.807) is 21.6 Å². The van der Waals surface area contributed by atoms with Gasteiger partial charge in [-0.2, -0.15) is 11.3 Å². The molecule has 0 unspecified atom stereocenters. The number of hydrogen-bond acceptors (Lipinski definition) is 8. The Labute approximate surface area is 158 Å². The minimum absolute atomic E-state index is 0.169. The molecule has 7 nitrogen and oxygen atoms in total. The third-order valence-electron chi connectivity index (χ3n) is 4.19. The van der Waals surface area contributed by atoms with E-state index in [2.05, 4.69) is 4.98 Å². The van der Waals surface area contributed by atoms with Crippen molar-refractivity contribution in [3.63, 3.8) is 0 Å². The number of thiazole rings is 1. The number of thiophene rings is 1. The predicted molar refractivity (Wildman–Crippen MR) is 97.0 cm³/mol. The quantitative estimate of drug-likeness (QED) is 0.724. The Hall–Kier alpha value is -2.26. The molecule has 0 radical (unpaired) electrons. The smallest absolute Gasteiger partial charge is 0.358 e. The third-order valence-corrected chi connectivity index (χ3v) is 5.76. The van der Waals surface area contributed by atoms with Gasteiger partial charge in [0.1, 0.15) is 5.01 Å². The number of amides is 1. The molecule has 26 heavy (non-hydrogen) atoms. The van der Waals surface area contributed by atoms with Crippen molar-refractivity contribution in [2.45, 2.75) is 12.8 Å². The molecule has 2 aromatic heterocycles. The van der Waals surface area contributed by atoms with E-state index in [4.69, 9.17) is 9.47 Å². The van der Waals surface area contributed by atoms with E-state index in [9.17, 15) is 14.4 Å². The van der Waals surface area contributed by atoms with E-state index < -0.39 is 5.97 Å². The maximum absolute atomic E-state index is 12.2. The van der Waals surface area contributed by atoms with Crippen molar-refractivity contribution in [1.29, 1.82) is 0 Å². The molecule has 1 aliphatic heterocycles. The fourth-order valence-electron chi connectivity index (χ4n) is 2.71. The molecule has 1 aliphatic rings. The van der Waals surface area contributed by atoms with Gasteiger partial charge in [0.2, 0.25) is 0 Å². The highest BCUT2D eigenvalue weighted by Crippen LogP contribution is 2.26. The highest BCUT2D eigenvalue weighted by atomic mass is 32.1. The summed E-state index contributed by atoms with van der Waals surface area (Å²) in [5, 5.41) is 6.27. The molecule has 0 N–H and O–H groups in total. The first-order valence-electron chi connectivity index (χ1n) is 8.09. The molecular formula is C17H18N2O5S2. The van der Waals surface area contributed by atoms with Gasteiger partial charge in [-0.15, -0.1) is 11.3 Å². The van der Waals surface area contributed by atoms with E-state index >= 15 is 0 Å². The molecule has 0 aromatic carbocycles. The summed E-state index contributed by atoms with van der Waals surface area (Å²) in [7, 11) is 1.36. The molecule has 1 fully saturated rings. The highest BCUT2D eigenvalue weighted by molar-refractivity contribution is 7.14. The Morgan fingerprint density at radius 2 is 2.04 bits per heavy atom. The van der Waals surface area contributed by atoms with E-state index in [0.29, 0.717) is 25.9 Å². The summed E-state index contributed by atoms with van der Waals surface area (Å²) >= 11 is 2.92. The summed E-state index contributed by atoms with van der Waals surface area (Å²) in [6, 6.07) is 1.93. The fourth-order valence-corrected chi connectivity index (χ4v) is 4.21. The maximum Gasteiger partial charge on any atom is 0.358 e. The van der Waals surface area contributed by atoms with Crippen LogP contribution in [0.2, 0.25) is 0 Å². The number of methoxy groups -OCH3 is 1. The zero-order valence-electron chi connectivity index (χ0n) is 14.2. The van der Waals surface area contributed by atoms with Gasteiger partial charge in [-0.25, -0.2) is 9.78 Å². The molecule has 1 saturated heterocycles. The van der Waals surface area contributed by atoms with Crippen molar-refractivity contribution in [2.24, 2.45) is 5.92 Å². The second-order valence-electron chi connectivity index (χ2n) is 5.80. The Morgan fingerprint density at radius 3 is 2.69 bits per heavy atom. The minimum atomic E-state index is -0.611. The summed E-state index contributed by atoms with van der Waals surface area (Å²) < 4.78 is 9.82. The van der Waals surface area contributed by atoms with E-state index in [1.807, 2.05) is 16.8 Å². The SMILES string of the molecule is COC(=O)C1CCN(C(=O)COC(=O)c2csc(-c3ccsc3)n2)CC1. The van der Waals surface area contributed by atoms with Crippen LogP contribution in [0.3, 0.4) is 0 Å². The Morgan fingerprint density at radius 1 is 1.27 bits per heavy atom. The monoisotopic (exact) mass is 394 g/mol. The Kier molecular flexibility index (Phi) is 6.00. The second kappa shape index (κ2) is 8.41. The van der Waals surface area contributed by atoms with Gasteiger partial charge >= 0.3 is 11.9 Å². The van der Waals surface area contributed by atoms with Crippen LogP contribution < -0.4 is 0 Å². The summed E-state index contributed by atoms with van der Waals surface area (Å²) in [4.78, 5) is 41.6. The lowest BCUT2D eigenvalue weighted by molar-refractivity contribution is -0.149. The molecule has 0 spiro atoms. The average molecular weight is 394 g/mol. The number of likely N-dealkylation sites (tertiary alicyclic amines) is 1.